The second-order valence-corrected chi connectivity index (χ2v) is 15.8. The minimum Gasteiger partial charge on any atom is -0.497 e. The first-order valence-corrected chi connectivity index (χ1v) is 18.6. The van der Waals surface area contributed by atoms with Gasteiger partial charge in [0.15, 0.2) is 5.82 Å². The van der Waals surface area contributed by atoms with Crippen molar-refractivity contribution in [3.8, 4) is 5.75 Å². The third-order valence-corrected chi connectivity index (χ3v) is 9.60. The van der Waals surface area contributed by atoms with Crippen LogP contribution >= 0.6 is 0 Å². The van der Waals surface area contributed by atoms with Crippen LogP contribution in [0.5, 0.6) is 5.75 Å². The largest absolute Gasteiger partial charge is 0.497 e. The molecule has 288 valence electrons. The van der Waals surface area contributed by atoms with Crippen LogP contribution in [0.3, 0.4) is 0 Å². The molecular formula is C43H54N4O7. The maximum atomic E-state index is 13.4. The van der Waals surface area contributed by atoms with Gasteiger partial charge in [-0.3, -0.25) is 0 Å². The molecule has 1 aliphatic rings. The molecule has 0 saturated heterocycles. The molecule has 0 aliphatic heterocycles. The Morgan fingerprint density at radius 3 is 2.07 bits per heavy atom. The van der Waals surface area contributed by atoms with Crippen LogP contribution in [-0.4, -0.2) is 53.7 Å². The number of aromatic nitrogens is 1. The van der Waals surface area contributed by atoms with Crippen molar-refractivity contribution in [2.45, 2.75) is 116 Å². The van der Waals surface area contributed by atoms with Crippen LogP contribution in [0.1, 0.15) is 91.7 Å². The summed E-state index contributed by atoms with van der Waals surface area (Å²) in [6.07, 6.45) is 3.50. The fourth-order valence-electron chi connectivity index (χ4n) is 7.10. The number of carbonyl (C=O) groups is 3. The normalized spacial score (nSPS) is 17.9. The highest BCUT2D eigenvalue weighted by molar-refractivity contribution is 6.14. The number of carbonyl (C=O) groups excluding carboxylic acids is 3. The maximum absolute atomic E-state index is 13.4. The lowest BCUT2D eigenvalue weighted by Gasteiger charge is -2.46. The number of rotatable bonds is 10. The average Bonchev–Trinajstić information content (AvgIpc) is 3.12. The van der Waals surface area contributed by atoms with E-state index in [2.05, 4.69) is 34.7 Å². The number of methoxy groups -OCH3 is 1. The smallest absolute Gasteiger partial charge is 0.425 e. The second-order valence-electron chi connectivity index (χ2n) is 15.8. The molecule has 1 aromatic heterocycles. The van der Waals surface area contributed by atoms with E-state index in [1.54, 1.807) is 54.8 Å². The SMILES string of the molecule is CCC(NC(=O)OCc1ccccc1)C1(c2ccc(OC)cc2)CCC(Nc2ccc3c(N(C(=O)OC(C)(C)C)C(=O)OC(C)(C)C)nccc3c2)CC1. The highest BCUT2D eigenvalue weighted by Gasteiger charge is 2.44. The fourth-order valence-corrected chi connectivity index (χ4v) is 7.10. The number of nitrogens with zero attached hydrogens (tertiary/aromatic N) is 2. The zero-order valence-electron chi connectivity index (χ0n) is 32.7. The molecule has 1 atom stereocenters. The number of anilines is 2. The molecule has 1 aliphatic carbocycles. The first kappa shape index (κ1) is 39.9. The van der Waals surface area contributed by atoms with Crippen molar-refractivity contribution >= 4 is 40.6 Å². The van der Waals surface area contributed by atoms with Crippen LogP contribution in [0.2, 0.25) is 0 Å². The van der Waals surface area contributed by atoms with Gasteiger partial charge < -0.3 is 29.6 Å². The predicted octanol–water partition coefficient (Wildman–Crippen LogP) is 9.92. The van der Waals surface area contributed by atoms with Crippen LogP contribution in [0, 0.1) is 0 Å². The summed E-state index contributed by atoms with van der Waals surface area (Å²) in [6.45, 7) is 12.7. The number of alkyl carbamates (subject to hydrolysis) is 1. The van der Waals surface area contributed by atoms with Crippen molar-refractivity contribution in [3.05, 3.63) is 96.2 Å². The standard InChI is InChI=1S/C43H54N4O7/c1-9-36(46-38(48)52-28-29-13-11-10-12-14-29)43(31-15-18-34(51-8)19-16-31)24-21-32(22-25-43)45-33-17-20-35-30(27-33)23-26-44-37(35)47(39(49)53-41(2,3)4)40(50)54-42(5,6)7/h10-20,23,26-27,32,36,45H,9,21-22,24-25,28H2,1-8H3,(H,46,48). The number of hydrogen-bond acceptors (Lipinski definition) is 9. The number of nitrogens with one attached hydrogen (secondary N) is 2. The van der Waals surface area contributed by atoms with Gasteiger partial charge in [-0.25, -0.2) is 19.4 Å². The minimum atomic E-state index is -0.870. The Bertz CT molecular complexity index is 1870. The molecule has 0 radical (unpaired) electrons. The molecule has 5 rings (SSSR count). The zero-order valence-corrected chi connectivity index (χ0v) is 32.7. The maximum Gasteiger partial charge on any atom is 0.425 e. The van der Waals surface area contributed by atoms with E-state index in [9.17, 15) is 14.4 Å². The molecule has 3 aromatic carbocycles. The molecule has 0 spiro atoms. The van der Waals surface area contributed by atoms with Gasteiger partial charge in [-0.05, 0) is 127 Å². The van der Waals surface area contributed by atoms with Crippen molar-refractivity contribution in [3.63, 3.8) is 0 Å². The first-order valence-electron chi connectivity index (χ1n) is 18.6. The molecule has 4 aromatic rings. The van der Waals surface area contributed by atoms with Gasteiger partial charge in [-0.15, -0.1) is 0 Å². The summed E-state index contributed by atoms with van der Waals surface area (Å²) >= 11 is 0. The van der Waals surface area contributed by atoms with E-state index < -0.39 is 29.5 Å². The van der Waals surface area contributed by atoms with E-state index in [0.29, 0.717) is 5.39 Å². The Balaban J connectivity index is 1.35. The third kappa shape index (κ3) is 10.0. The summed E-state index contributed by atoms with van der Waals surface area (Å²) in [6, 6.07) is 25.5. The minimum absolute atomic E-state index is 0.130. The lowest BCUT2D eigenvalue weighted by atomic mass is 9.63. The van der Waals surface area contributed by atoms with Gasteiger partial charge in [0.2, 0.25) is 0 Å². The van der Waals surface area contributed by atoms with Crippen molar-refractivity contribution in [1.29, 1.82) is 0 Å². The van der Waals surface area contributed by atoms with Gasteiger partial charge in [0.05, 0.1) is 7.11 Å². The number of hydrogen-bond donors (Lipinski definition) is 2. The fraction of sp³-hybridized carbons (Fsp3) is 0.442. The number of fused-ring (bicyclic) bond motifs is 1. The van der Waals surface area contributed by atoms with Gasteiger partial charge in [0.25, 0.3) is 0 Å². The number of ether oxygens (including phenoxy) is 4. The Kier molecular flexibility index (Phi) is 12.4. The van der Waals surface area contributed by atoms with E-state index in [1.807, 2.05) is 66.7 Å². The summed E-state index contributed by atoms with van der Waals surface area (Å²) in [5, 5.41) is 8.33. The van der Waals surface area contributed by atoms with Crippen LogP contribution < -0.4 is 20.3 Å². The summed E-state index contributed by atoms with van der Waals surface area (Å²) in [5.74, 6) is 0.910. The van der Waals surface area contributed by atoms with Crippen molar-refractivity contribution in [1.82, 2.24) is 10.3 Å². The number of pyridine rings is 1. The number of amides is 3. The highest BCUT2D eigenvalue weighted by atomic mass is 16.6. The van der Waals surface area contributed by atoms with E-state index >= 15 is 0 Å². The molecule has 1 fully saturated rings. The summed E-state index contributed by atoms with van der Waals surface area (Å²) in [7, 11) is 1.66. The third-order valence-electron chi connectivity index (χ3n) is 9.60. The van der Waals surface area contributed by atoms with Crippen LogP contribution in [0.15, 0.2) is 85.1 Å². The molecule has 2 N–H and O–H groups in total. The quantitative estimate of drug-likeness (QED) is 0.153. The molecule has 54 heavy (non-hydrogen) atoms. The van der Waals surface area contributed by atoms with Crippen LogP contribution in [0.4, 0.5) is 25.9 Å². The van der Waals surface area contributed by atoms with E-state index in [-0.39, 0.29) is 29.9 Å². The molecule has 1 unspecified atom stereocenters. The lowest BCUT2D eigenvalue weighted by Crippen LogP contribution is -2.53. The van der Waals surface area contributed by atoms with Crippen molar-refractivity contribution in [2.75, 3.05) is 17.3 Å². The topological polar surface area (TPSA) is 128 Å². The monoisotopic (exact) mass is 738 g/mol. The average molecular weight is 739 g/mol. The molecule has 1 heterocycles. The Hall–Kier alpha value is -5.32. The van der Waals surface area contributed by atoms with E-state index in [0.717, 1.165) is 65.0 Å². The lowest BCUT2D eigenvalue weighted by molar-refractivity contribution is 0.0429. The Morgan fingerprint density at radius 1 is 0.870 bits per heavy atom. The first-order chi connectivity index (χ1) is 25.6. The molecular weight excluding hydrogens is 684 g/mol. The van der Waals surface area contributed by atoms with Crippen LogP contribution in [0.25, 0.3) is 10.8 Å². The van der Waals surface area contributed by atoms with Crippen LogP contribution in [-0.2, 0) is 26.2 Å². The number of imide groups is 1. The molecule has 11 heteroatoms. The summed E-state index contributed by atoms with van der Waals surface area (Å²) in [4.78, 5) is 45.2. The van der Waals surface area contributed by atoms with Gasteiger partial charge in [0, 0.05) is 34.8 Å². The second kappa shape index (κ2) is 16.8. The van der Waals surface area contributed by atoms with Crippen molar-refractivity contribution < 1.29 is 33.3 Å². The molecule has 1 saturated carbocycles. The molecule has 0 bridgehead atoms. The van der Waals surface area contributed by atoms with Crippen molar-refractivity contribution in [2.24, 2.45) is 0 Å². The van der Waals surface area contributed by atoms with Gasteiger partial charge in [0.1, 0.15) is 23.6 Å². The van der Waals surface area contributed by atoms with E-state index in [4.69, 9.17) is 18.9 Å². The van der Waals surface area contributed by atoms with Gasteiger partial charge in [-0.2, -0.15) is 4.90 Å². The summed E-state index contributed by atoms with van der Waals surface area (Å²) in [5.41, 5.74) is 0.981. The number of benzene rings is 3. The van der Waals surface area contributed by atoms with Gasteiger partial charge in [-0.1, -0.05) is 49.4 Å². The molecule has 11 nitrogen and oxygen atoms in total. The summed E-state index contributed by atoms with van der Waals surface area (Å²) < 4.78 is 22.3. The van der Waals surface area contributed by atoms with Gasteiger partial charge >= 0.3 is 18.3 Å². The Labute approximate surface area is 318 Å². The van der Waals surface area contributed by atoms with E-state index in [1.165, 1.54) is 0 Å². The Morgan fingerprint density at radius 2 is 1.50 bits per heavy atom. The predicted molar refractivity (Wildman–Crippen MR) is 211 cm³/mol. The molecule has 3 amide bonds. The highest BCUT2D eigenvalue weighted by Crippen LogP contribution is 2.44. The zero-order chi connectivity index (χ0) is 39.1.